The summed E-state index contributed by atoms with van der Waals surface area (Å²) in [5.74, 6) is -1.04. The van der Waals surface area contributed by atoms with Gasteiger partial charge in [0.25, 0.3) is 0 Å². The largest absolute Gasteiger partial charge is 0.480 e. The summed E-state index contributed by atoms with van der Waals surface area (Å²) in [5, 5.41) is 8.45. The van der Waals surface area contributed by atoms with Crippen molar-refractivity contribution < 1.29 is 14.7 Å². The quantitative estimate of drug-likeness (QED) is 0.635. The molecule has 0 spiro atoms. The molecule has 0 saturated carbocycles. The van der Waals surface area contributed by atoms with E-state index in [-0.39, 0.29) is 12.5 Å². The maximum Gasteiger partial charge on any atom is 0.323 e. The molecule has 0 aromatic carbocycles. The Bertz CT molecular complexity index is 192. The smallest absolute Gasteiger partial charge is 0.323 e. The molecule has 0 rings (SSSR count). The summed E-state index contributed by atoms with van der Waals surface area (Å²) in [5.41, 5.74) is 0. The zero-order chi connectivity index (χ0) is 11.0. The Morgan fingerprint density at radius 3 is 2.36 bits per heavy atom. The van der Waals surface area contributed by atoms with E-state index in [9.17, 15) is 9.59 Å². The second-order valence-electron chi connectivity index (χ2n) is 3.45. The van der Waals surface area contributed by atoms with Crippen LogP contribution in [0.4, 0.5) is 0 Å². The van der Waals surface area contributed by atoms with E-state index >= 15 is 0 Å². The van der Waals surface area contributed by atoms with Crippen LogP contribution in [0.25, 0.3) is 0 Å². The van der Waals surface area contributed by atoms with Crippen molar-refractivity contribution in [3.63, 3.8) is 0 Å². The predicted molar refractivity (Wildman–Crippen MR) is 54.0 cm³/mol. The average Bonchev–Trinajstić information content (AvgIpc) is 2.11. The maximum absolute atomic E-state index is 11.3. The van der Waals surface area contributed by atoms with Crippen molar-refractivity contribution in [2.75, 3.05) is 13.6 Å². The number of likely N-dealkylation sites (N-methyl/N-ethyl adjacent to an activating group) is 1. The first kappa shape index (κ1) is 12.9. The normalized spacial score (nSPS) is 9.86. The van der Waals surface area contributed by atoms with Gasteiger partial charge in [-0.2, -0.15) is 0 Å². The van der Waals surface area contributed by atoms with Crippen molar-refractivity contribution in [2.45, 2.75) is 39.0 Å². The molecule has 0 bridgehead atoms. The Kier molecular flexibility index (Phi) is 6.80. The molecular weight excluding hydrogens is 182 g/mol. The van der Waals surface area contributed by atoms with Gasteiger partial charge in [-0.05, 0) is 6.42 Å². The molecule has 0 aromatic heterocycles. The van der Waals surface area contributed by atoms with Gasteiger partial charge in [-0.25, -0.2) is 0 Å². The van der Waals surface area contributed by atoms with Crippen LogP contribution in [0.15, 0.2) is 0 Å². The Morgan fingerprint density at radius 1 is 1.21 bits per heavy atom. The van der Waals surface area contributed by atoms with Crippen LogP contribution in [-0.2, 0) is 9.59 Å². The molecule has 1 N–H and O–H groups in total. The highest BCUT2D eigenvalue weighted by Gasteiger charge is 2.10. The van der Waals surface area contributed by atoms with Gasteiger partial charge >= 0.3 is 5.97 Å². The Hall–Kier alpha value is -1.06. The SMILES string of the molecule is CCCCCCC(=O)N(C)CC(=O)O. The van der Waals surface area contributed by atoms with Crippen molar-refractivity contribution in [2.24, 2.45) is 0 Å². The van der Waals surface area contributed by atoms with Gasteiger partial charge in [0.15, 0.2) is 0 Å². The fourth-order valence-corrected chi connectivity index (χ4v) is 1.18. The molecule has 0 aliphatic carbocycles. The lowest BCUT2D eigenvalue weighted by molar-refractivity contribution is -0.143. The lowest BCUT2D eigenvalue weighted by atomic mass is 10.1. The highest BCUT2D eigenvalue weighted by Crippen LogP contribution is 2.04. The van der Waals surface area contributed by atoms with E-state index in [1.165, 1.54) is 11.9 Å². The second kappa shape index (κ2) is 7.35. The molecule has 0 fully saturated rings. The lowest BCUT2D eigenvalue weighted by Crippen LogP contribution is -2.31. The minimum atomic E-state index is -0.964. The second-order valence-corrected chi connectivity index (χ2v) is 3.45. The molecule has 82 valence electrons. The van der Waals surface area contributed by atoms with E-state index in [4.69, 9.17) is 5.11 Å². The van der Waals surface area contributed by atoms with Crippen molar-refractivity contribution in [3.8, 4) is 0 Å². The summed E-state index contributed by atoms with van der Waals surface area (Å²) < 4.78 is 0. The van der Waals surface area contributed by atoms with E-state index in [0.29, 0.717) is 6.42 Å². The predicted octanol–water partition coefficient (Wildman–Crippen LogP) is 1.50. The Balaban J connectivity index is 3.57. The van der Waals surface area contributed by atoms with E-state index in [1.54, 1.807) is 0 Å². The van der Waals surface area contributed by atoms with Crippen LogP contribution in [0, 0.1) is 0 Å². The summed E-state index contributed by atoms with van der Waals surface area (Å²) in [6, 6.07) is 0. The summed E-state index contributed by atoms with van der Waals surface area (Å²) in [6.45, 7) is 1.91. The van der Waals surface area contributed by atoms with Crippen molar-refractivity contribution in [3.05, 3.63) is 0 Å². The minimum Gasteiger partial charge on any atom is -0.480 e. The van der Waals surface area contributed by atoms with Gasteiger partial charge in [-0.1, -0.05) is 26.2 Å². The van der Waals surface area contributed by atoms with Crippen molar-refractivity contribution in [1.29, 1.82) is 0 Å². The first-order chi connectivity index (χ1) is 6.57. The standard InChI is InChI=1S/C10H19NO3/c1-3-4-5-6-7-9(12)11(2)8-10(13)14/h3-8H2,1-2H3,(H,13,14). The molecule has 0 aliphatic rings. The molecule has 1 amide bonds. The summed E-state index contributed by atoms with van der Waals surface area (Å²) >= 11 is 0. The molecule has 0 heterocycles. The number of amides is 1. The first-order valence-electron chi connectivity index (χ1n) is 5.03. The van der Waals surface area contributed by atoms with Crippen LogP contribution in [0.5, 0.6) is 0 Å². The highest BCUT2D eigenvalue weighted by molar-refractivity contribution is 5.80. The number of rotatable bonds is 7. The number of hydrogen-bond acceptors (Lipinski definition) is 2. The molecule has 4 nitrogen and oxygen atoms in total. The van der Waals surface area contributed by atoms with Crippen LogP contribution in [0.3, 0.4) is 0 Å². The number of hydrogen-bond donors (Lipinski definition) is 1. The number of unbranched alkanes of at least 4 members (excludes halogenated alkanes) is 3. The molecule has 0 aliphatic heterocycles. The van der Waals surface area contributed by atoms with Gasteiger partial charge in [0.05, 0.1) is 0 Å². The average molecular weight is 201 g/mol. The molecule has 14 heavy (non-hydrogen) atoms. The molecule has 0 unspecified atom stereocenters. The van der Waals surface area contributed by atoms with Crippen LogP contribution >= 0.6 is 0 Å². The van der Waals surface area contributed by atoms with Gasteiger partial charge in [-0.3, -0.25) is 9.59 Å². The lowest BCUT2D eigenvalue weighted by Gasteiger charge is -2.13. The fraction of sp³-hybridized carbons (Fsp3) is 0.800. The van der Waals surface area contributed by atoms with Gasteiger partial charge in [0.1, 0.15) is 6.54 Å². The van der Waals surface area contributed by atoms with Crippen LogP contribution < -0.4 is 0 Å². The number of nitrogens with zero attached hydrogens (tertiary/aromatic N) is 1. The summed E-state index contributed by atoms with van der Waals surface area (Å²) in [7, 11) is 1.52. The van der Waals surface area contributed by atoms with Crippen LogP contribution in [-0.4, -0.2) is 35.5 Å². The van der Waals surface area contributed by atoms with Gasteiger partial charge in [0, 0.05) is 13.5 Å². The zero-order valence-corrected chi connectivity index (χ0v) is 8.95. The van der Waals surface area contributed by atoms with E-state index < -0.39 is 5.97 Å². The number of carboxylic acid groups (broad SMARTS) is 1. The molecular formula is C10H19NO3. The van der Waals surface area contributed by atoms with Crippen LogP contribution in [0.2, 0.25) is 0 Å². The summed E-state index contributed by atoms with van der Waals surface area (Å²) in [6.07, 6.45) is 4.64. The fourth-order valence-electron chi connectivity index (χ4n) is 1.18. The van der Waals surface area contributed by atoms with Gasteiger partial charge in [0.2, 0.25) is 5.91 Å². The molecule has 0 saturated heterocycles. The Morgan fingerprint density at radius 2 is 1.86 bits per heavy atom. The number of carbonyl (C=O) groups excluding carboxylic acids is 1. The highest BCUT2D eigenvalue weighted by atomic mass is 16.4. The zero-order valence-electron chi connectivity index (χ0n) is 8.95. The number of carbonyl (C=O) groups is 2. The molecule has 4 heteroatoms. The molecule has 0 radical (unpaired) electrons. The molecule has 0 aromatic rings. The first-order valence-corrected chi connectivity index (χ1v) is 5.03. The molecule has 0 atom stereocenters. The third-order valence-electron chi connectivity index (χ3n) is 2.04. The number of carboxylic acids is 1. The number of aliphatic carboxylic acids is 1. The van der Waals surface area contributed by atoms with Gasteiger partial charge in [-0.15, -0.1) is 0 Å². The monoisotopic (exact) mass is 201 g/mol. The van der Waals surface area contributed by atoms with Crippen LogP contribution in [0.1, 0.15) is 39.0 Å². The topological polar surface area (TPSA) is 57.6 Å². The third kappa shape index (κ3) is 6.46. The maximum atomic E-state index is 11.3. The van der Waals surface area contributed by atoms with E-state index in [2.05, 4.69) is 6.92 Å². The van der Waals surface area contributed by atoms with Gasteiger partial charge < -0.3 is 10.0 Å². The van der Waals surface area contributed by atoms with Crippen molar-refractivity contribution in [1.82, 2.24) is 4.90 Å². The third-order valence-corrected chi connectivity index (χ3v) is 2.04. The van der Waals surface area contributed by atoms with E-state index in [1.807, 2.05) is 0 Å². The van der Waals surface area contributed by atoms with Crippen molar-refractivity contribution >= 4 is 11.9 Å². The van der Waals surface area contributed by atoms with E-state index in [0.717, 1.165) is 25.7 Å². The minimum absolute atomic E-state index is 0.0801. The Labute approximate surface area is 84.9 Å². The summed E-state index contributed by atoms with van der Waals surface area (Å²) in [4.78, 5) is 22.9.